The highest BCUT2D eigenvalue weighted by Crippen LogP contribution is 2.41. The van der Waals surface area contributed by atoms with Gasteiger partial charge in [-0.25, -0.2) is 4.79 Å². The van der Waals surface area contributed by atoms with E-state index in [4.69, 9.17) is 61.6 Å². The summed E-state index contributed by atoms with van der Waals surface area (Å²) in [5.41, 5.74) is 0. The quantitative estimate of drug-likeness (QED) is 0.0382. The van der Waals surface area contributed by atoms with Gasteiger partial charge < -0.3 is 190 Å². The first-order chi connectivity index (χ1) is 45.2. The Hall–Kier alpha value is -3.97. The van der Waals surface area contributed by atoms with E-state index < -0.39 is 303 Å². The summed E-state index contributed by atoms with van der Waals surface area (Å²) in [6.45, 7) is -3.86. The van der Waals surface area contributed by atoms with Crippen molar-refractivity contribution < 1.29 is 193 Å². The van der Waals surface area contributed by atoms with Crippen molar-refractivity contribution in [1.29, 1.82) is 0 Å². The molecule has 0 aromatic rings. The molecule has 96 heavy (non-hydrogen) atoms. The van der Waals surface area contributed by atoms with Crippen LogP contribution in [-0.4, -0.2) is 403 Å². The first-order valence-corrected chi connectivity index (χ1v) is 30.3. The Morgan fingerprint density at radius 3 is 1.48 bits per heavy atom. The van der Waals surface area contributed by atoms with Gasteiger partial charge in [-0.1, -0.05) is 0 Å². The third-order valence-electron chi connectivity index (χ3n) is 17.2. The molecule has 0 bridgehead atoms. The van der Waals surface area contributed by atoms with E-state index >= 15 is 0 Å². The molecule has 1 unspecified atom stereocenters. The summed E-state index contributed by atoms with van der Waals surface area (Å²) in [6, 6.07) is -7.48. The normalized spacial score (nSPS) is 46.0. The number of hydrogen-bond acceptors (Lipinski definition) is 38. The van der Waals surface area contributed by atoms with Gasteiger partial charge in [-0.15, -0.1) is 0 Å². The monoisotopic (exact) mass is 1400 g/mol. The number of aliphatic carboxylic acids is 1. The SMILES string of the molecule is CC(=O)N[C@H]1[C@H](O[C@@H]2[C@@H](NC(C)=O)[C@H](OC[C@H]3OC(O)[C@H](NC(C)=O)[C@@H](O[C@@H]4O[C@H](CO)[C@H](O[C@@H]5O[C@H](CO)[C@H](O)[C@@H](O)[C@H]5O)[C@H](O[C@]5(C(=O)O)C[C@H](O)[C@@H](NC(=O)CO)[C@H]([C@H](O)[C@H](O)CO)O5)[C@H]4O)[C@H]3O)O[C@H](CO)[C@H]2O[C@@H]2O[C@@H](C)[C@@H](O)[C@@H](O)[C@@H]2O)O[C@H](CO)[C@@H](O)[C@@H]1O. The van der Waals surface area contributed by atoms with E-state index in [1.165, 1.54) is 6.92 Å². The van der Waals surface area contributed by atoms with E-state index in [1.807, 2.05) is 0 Å². The highest BCUT2D eigenvalue weighted by molar-refractivity contribution is 5.78. The number of aliphatic hydroxyl groups excluding tert-OH is 20. The summed E-state index contributed by atoms with van der Waals surface area (Å²) in [5.74, 6) is -9.68. The Morgan fingerprint density at radius 2 is 0.938 bits per heavy atom. The van der Waals surface area contributed by atoms with Gasteiger partial charge >= 0.3 is 5.97 Å². The van der Waals surface area contributed by atoms with Crippen molar-refractivity contribution >= 4 is 29.6 Å². The second kappa shape index (κ2) is 34.1. The van der Waals surface area contributed by atoms with Gasteiger partial charge in [-0.2, -0.15) is 0 Å². The first-order valence-electron chi connectivity index (χ1n) is 30.3. The zero-order valence-electron chi connectivity index (χ0n) is 51.6. The molecular formula is C53H88N4O39. The van der Waals surface area contributed by atoms with E-state index in [2.05, 4.69) is 21.3 Å². The van der Waals surface area contributed by atoms with Crippen molar-refractivity contribution in [3.8, 4) is 0 Å². The molecule has 0 saturated carbocycles. The highest BCUT2D eigenvalue weighted by atomic mass is 16.8. The molecule has 4 amide bonds. The molecule has 43 nitrogen and oxygen atoms in total. The predicted molar refractivity (Wildman–Crippen MR) is 295 cm³/mol. The minimum absolute atomic E-state index is 0.831. The Bertz CT molecular complexity index is 2540. The zero-order chi connectivity index (χ0) is 71.3. The number of carboxylic acids is 1. The largest absolute Gasteiger partial charge is 0.477 e. The van der Waals surface area contributed by atoms with Crippen molar-refractivity contribution in [1.82, 2.24) is 21.3 Å². The van der Waals surface area contributed by atoms with Crippen LogP contribution in [0, 0.1) is 0 Å². The van der Waals surface area contributed by atoms with Gasteiger partial charge in [0, 0.05) is 27.2 Å². The Labute approximate surface area is 543 Å². The van der Waals surface area contributed by atoms with Gasteiger partial charge in [0.1, 0.15) is 165 Å². The molecule has 0 aliphatic carbocycles. The minimum Gasteiger partial charge on any atom is -0.477 e. The maximum Gasteiger partial charge on any atom is 0.364 e. The first kappa shape index (κ1) is 79.4. The van der Waals surface area contributed by atoms with Gasteiger partial charge in [0.05, 0.1) is 57.9 Å². The summed E-state index contributed by atoms with van der Waals surface area (Å²) in [4.78, 5) is 64.6. The van der Waals surface area contributed by atoms with Crippen LogP contribution in [-0.2, 0) is 85.6 Å². The average molecular weight is 1410 g/mol. The van der Waals surface area contributed by atoms with Crippen LogP contribution >= 0.6 is 0 Å². The van der Waals surface area contributed by atoms with Crippen LogP contribution in [0.5, 0.6) is 0 Å². The fraction of sp³-hybridized carbons (Fsp3) is 0.906. The smallest absolute Gasteiger partial charge is 0.364 e. The van der Waals surface area contributed by atoms with E-state index in [-0.39, 0.29) is 0 Å². The molecule has 25 N–H and O–H groups in total. The number of carbonyl (C=O) groups excluding carboxylic acids is 4. The highest BCUT2D eigenvalue weighted by Gasteiger charge is 2.63. The lowest BCUT2D eigenvalue weighted by atomic mass is 9.88. The van der Waals surface area contributed by atoms with Crippen molar-refractivity contribution in [3.05, 3.63) is 0 Å². The van der Waals surface area contributed by atoms with Crippen LogP contribution in [0.2, 0.25) is 0 Å². The summed E-state index contributed by atoms with van der Waals surface area (Å²) in [5, 5.41) is 238. The number of carbonyl (C=O) groups is 5. The van der Waals surface area contributed by atoms with Crippen LogP contribution < -0.4 is 21.3 Å². The second-order valence-electron chi connectivity index (χ2n) is 24.0. The molecular weight excluding hydrogens is 1320 g/mol. The molecule has 43 heteroatoms. The molecule has 554 valence electrons. The number of aliphatic hydroxyl groups is 20. The minimum atomic E-state index is -3.47. The number of carboxylic acid groups (broad SMARTS) is 1. The second-order valence-corrected chi connectivity index (χ2v) is 24.0. The number of nitrogens with one attached hydrogen (secondary N) is 4. The van der Waals surface area contributed by atoms with E-state index in [9.17, 15) is 131 Å². The average Bonchev–Trinajstić information content (AvgIpc) is 0.755. The molecule has 7 rings (SSSR count). The molecule has 36 atom stereocenters. The maximum absolute atomic E-state index is 13.6. The van der Waals surface area contributed by atoms with Crippen molar-refractivity contribution in [2.45, 2.75) is 254 Å². The number of hydrogen-bond donors (Lipinski definition) is 25. The van der Waals surface area contributed by atoms with Crippen LogP contribution in [0.25, 0.3) is 0 Å². The van der Waals surface area contributed by atoms with E-state index in [0.29, 0.717) is 0 Å². The van der Waals surface area contributed by atoms with E-state index in [1.54, 1.807) is 0 Å². The molecule has 0 radical (unpaired) electrons. The lowest BCUT2D eigenvalue weighted by Crippen LogP contribution is -2.72. The van der Waals surface area contributed by atoms with Crippen LogP contribution in [0.1, 0.15) is 34.1 Å². The van der Waals surface area contributed by atoms with Crippen LogP contribution in [0.3, 0.4) is 0 Å². The lowest BCUT2D eigenvalue weighted by molar-refractivity contribution is -0.401. The molecule has 7 heterocycles. The Morgan fingerprint density at radius 1 is 0.469 bits per heavy atom. The summed E-state index contributed by atoms with van der Waals surface area (Å²) < 4.78 is 77.1. The summed E-state index contributed by atoms with van der Waals surface area (Å²) >= 11 is 0. The molecule has 0 aromatic heterocycles. The summed E-state index contributed by atoms with van der Waals surface area (Å²) in [7, 11) is 0. The van der Waals surface area contributed by atoms with Gasteiger partial charge in [0.15, 0.2) is 37.7 Å². The molecule has 0 spiro atoms. The molecule has 7 fully saturated rings. The Kier molecular flexibility index (Phi) is 28.2. The van der Waals surface area contributed by atoms with Crippen molar-refractivity contribution in [2.75, 3.05) is 46.2 Å². The summed E-state index contributed by atoms with van der Waals surface area (Å²) in [6.07, 6.45) is -65.9. The van der Waals surface area contributed by atoms with Crippen LogP contribution in [0.4, 0.5) is 0 Å². The molecule has 7 aliphatic rings. The van der Waals surface area contributed by atoms with Crippen molar-refractivity contribution in [2.24, 2.45) is 0 Å². The van der Waals surface area contributed by atoms with Gasteiger partial charge in [0.25, 0.3) is 5.79 Å². The fourth-order valence-corrected chi connectivity index (χ4v) is 12.1. The standard InChI is InChI=1S/C53H88N4O39/c1-13-29(70)35(76)37(78)49(85-13)91-40-21(9-61)89-47(28(56-16(4)66)44(40)94-48-26(54-14(2)64)34(75)31(72)19(7-59)87-48)84-12-23-33(74)42(27(46(81)86-23)55-15(3)65)93-51-39(80)45(41(22(10-62)90-51)92-50-38(79)36(77)32(73)20(8-60)88-50)96-53(52(82)83)5-17(67)25(57-24(69)11-63)43(95-53)30(71)18(68)6-58/h13,17-23,25-51,58-63,67-68,70-81H,5-12H2,1-4H3,(H,54,64)(H,55,65)(H,56,66)(H,57,69)(H,82,83)/t13-,17-,18+,19+,20+,21+,22+,23+,25+,26+,27+,28+,29+,30+,31+,32-,33-,34+,35+,36+,37-,38+,39+,40+,41-,42+,43+,44+,45+,46?,47+,48-,49-,50-,51-,53-/m0/s1. The number of rotatable bonds is 26. The molecule has 7 aliphatic heterocycles. The molecule has 0 aromatic carbocycles. The van der Waals surface area contributed by atoms with Crippen molar-refractivity contribution in [3.63, 3.8) is 0 Å². The Balaban J connectivity index is 1.25. The fourth-order valence-electron chi connectivity index (χ4n) is 12.1. The number of ether oxygens (including phenoxy) is 13. The topological polar surface area (TPSA) is 678 Å². The lowest BCUT2D eigenvalue weighted by Gasteiger charge is -2.52. The molecule has 7 saturated heterocycles. The zero-order valence-corrected chi connectivity index (χ0v) is 51.6. The van der Waals surface area contributed by atoms with Crippen LogP contribution in [0.15, 0.2) is 0 Å². The van der Waals surface area contributed by atoms with E-state index in [0.717, 1.165) is 20.8 Å². The third kappa shape index (κ3) is 17.5. The van der Waals surface area contributed by atoms with Gasteiger partial charge in [-0.05, 0) is 6.92 Å². The van der Waals surface area contributed by atoms with Gasteiger partial charge in [-0.3, -0.25) is 19.2 Å². The number of amides is 4. The third-order valence-corrected chi connectivity index (χ3v) is 17.2. The van der Waals surface area contributed by atoms with Gasteiger partial charge in [0.2, 0.25) is 23.6 Å². The maximum atomic E-state index is 13.6. The predicted octanol–water partition coefficient (Wildman–Crippen LogP) is -16.5.